The van der Waals surface area contributed by atoms with Crippen LogP contribution in [-0.2, 0) is 32.0 Å². The molecule has 0 saturated carbocycles. The average molecular weight is 654 g/mol. The summed E-state index contributed by atoms with van der Waals surface area (Å²) < 4.78 is 0. The zero-order valence-electron chi connectivity index (χ0n) is 25.8. The molecule has 4 atom stereocenters. The molecule has 0 fully saturated rings. The fourth-order valence-electron chi connectivity index (χ4n) is 4.81. The van der Waals surface area contributed by atoms with Crippen molar-refractivity contribution < 1.29 is 24.3 Å². The van der Waals surface area contributed by atoms with Gasteiger partial charge in [0.1, 0.15) is 18.1 Å². The van der Waals surface area contributed by atoms with Crippen LogP contribution in [0.1, 0.15) is 36.9 Å². The molecule has 4 unspecified atom stereocenters. The summed E-state index contributed by atoms with van der Waals surface area (Å²) in [4.78, 5) is 70.1. The van der Waals surface area contributed by atoms with E-state index in [1.165, 1.54) is 12.5 Å². The molecule has 0 bridgehead atoms. The molecular weight excluding hydrogens is 610 g/mol. The van der Waals surface area contributed by atoms with Crippen molar-refractivity contribution in [1.29, 1.82) is 0 Å². The minimum Gasteiger partial charge on any atom is -0.480 e. The van der Waals surface area contributed by atoms with E-state index in [2.05, 4.69) is 40.9 Å². The van der Waals surface area contributed by atoms with Crippen molar-refractivity contribution >= 4 is 46.5 Å². The number of benzene rings is 1. The first-order chi connectivity index (χ1) is 22.4. The number of carboxylic acid groups (broad SMARTS) is 1. The SMILES string of the molecule is NC(N)=NCCCC(NC(=O)C(Cc1c[nH]c2ccccc12)NC(=O)C(CCCN=C(N)N)NC(=O)C(N)Cc1cnc[nH]1)C(=O)O. The van der Waals surface area contributed by atoms with Gasteiger partial charge in [-0.2, -0.15) is 0 Å². The number of guanidine groups is 2. The maximum absolute atomic E-state index is 13.7. The van der Waals surface area contributed by atoms with Crippen LogP contribution >= 0.6 is 0 Å². The average Bonchev–Trinajstić information content (AvgIpc) is 3.69. The number of carbonyl (C=O) groups is 4. The fourth-order valence-corrected chi connectivity index (χ4v) is 4.81. The Kier molecular flexibility index (Phi) is 13.5. The zero-order valence-corrected chi connectivity index (χ0v) is 25.8. The molecule has 2 heterocycles. The number of fused-ring (bicyclic) bond motifs is 1. The molecule has 1 aromatic carbocycles. The lowest BCUT2D eigenvalue weighted by molar-refractivity contribution is -0.142. The first-order valence-corrected chi connectivity index (χ1v) is 15.0. The summed E-state index contributed by atoms with van der Waals surface area (Å²) in [7, 11) is 0. The largest absolute Gasteiger partial charge is 0.480 e. The molecule has 16 N–H and O–H groups in total. The number of imidazole rings is 1. The Bertz CT molecular complexity index is 1540. The monoisotopic (exact) mass is 653 g/mol. The van der Waals surface area contributed by atoms with Crippen LogP contribution < -0.4 is 44.6 Å². The predicted octanol–water partition coefficient (Wildman–Crippen LogP) is -2.35. The molecular formula is C29H43N13O5. The maximum atomic E-state index is 13.7. The second-order valence-corrected chi connectivity index (χ2v) is 10.9. The highest BCUT2D eigenvalue weighted by Crippen LogP contribution is 2.19. The summed E-state index contributed by atoms with van der Waals surface area (Å²) in [5.74, 6) is -3.55. The van der Waals surface area contributed by atoms with E-state index in [4.69, 9.17) is 28.7 Å². The number of rotatable bonds is 19. The number of para-hydroxylation sites is 1. The van der Waals surface area contributed by atoms with Gasteiger partial charge >= 0.3 is 5.97 Å². The molecule has 47 heavy (non-hydrogen) atoms. The number of aromatic nitrogens is 3. The molecule has 3 aromatic rings. The minimum absolute atomic E-state index is 0.00985. The van der Waals surface area contributed by atoms with Crippen LogP contribution in [0.5, 0.6) is 0 Å². The summed E-state index contributed by atoms with van der Waals surface area (Å²) in [6.07, 6.45) is 5.57. The molecule has 0 aliphatic heterocycles. The summed E-state index contributed by atoms with van der Waals surface area (Å²) in [5, 5.41) is 18.5. The molecule has 254 valence electrons. The third-order valence-electron chi connectivity index (χ3n) is 7.20. The molecule has 0 spiro atoms. The van der Waals surface area contributed by atoms with E-state index in [0.717, 1.165) is 10.9 Å². The number of nitrogens with two attached hydrogens (primary N) is 5. The van der Waals surface area contributed by atoms with Crippen molar-refractivity contribution in [2.24, 2.45) is 38.7 Å². The third-order valence-corrected chi connectivity index (χ3v) is 7.20. The number of aromatic amines is 2. The Morgan fingerprint density at radius 3 is 2.02 bits per heavy atom. The third kappa shape index (κ3) is 11.7. The van der Waals surface area contributed by atoms with Crippen LogP contribution in [0.25, 0.3) is 10.9 Å². The van der Waals surface area contributed by atoms with Gasteiger partial charge in [0.25, 0.3) is 0 Å². The van der Waals surface area contributed by atoms with Gasteiger partial charge in [0, 0.05) is 54.9 Å². The van der Waals surface area contributed by atoms with Gasteiger partial charge in [-0.15, -0.1) is 0 Å². The second-order valence-electron chi connectivity index (χ2n) is 10.9. The topological polar surface area (TPSA) is 324 Å². The molecule has 0 radical (unpaired) electrons. The lowest BCUT2D eigenvalue weighted by Gasteiger charge is -2.25. The highest BCUT2D eigenvalue weighted by atomic mass is 16.4. The molecule has 18 nitrogen and oxygen atoms in total. The lowest BCUT2D eigenvalue weighted by atomic mass is 10.0. The van der Waals surface area contributed by atoms with Crippen LogP contribution in [0.15, 0.2) is 53.0 Å². The van der Waals surface area contributed by atoms with Gasteiger partial charge in [0.15, 0.2) is 11.9 Å². The summed E-state index contributed by atoms with van der Waals surface area (Å²) in [6.45, 7) is 0.350. The quantitative estimate of drug-likeness (QED) is 0.0369. The number of H-pyrrole nitrogens is 2. The maximum Gasteiger partial charge on any atom is 0.326 e. The first-order valence-electron chi connectivity index (χ1n) is 15.0. The molecule has 0 aliphatic carbocycles. The van der Waals surface area contributed by atoms with Crippen LogP contribution in [0.3, 0.4) is 0 Å². The van der Waals surface area contributed by atoms with Crippen molar-refractivity contribution in [2.75, 3.05) is 13.1 Å². The van der Waals surface area contributed by atoms with Crippen molar-refractivity contribution in [2.45, 2.75) is 62.7 Å². The highest BCUT2D eigenvalue weighted by molar-refractivity contribution is 5.95. The number of carbonyl (C=O) groups excluding carboxylic acids is 3. The van der Waals surface area contributed by atoms with E-state index in [1.54, 1.807) is 6.20 Å². The Morgan fingerprint density at radius 2 is 1.40 bits per heavy atom. The van der Waals surface area contributed by atoms with E-state index in [1.807, 2.05) is 24.3 Å². The molecule has 2 aromatic heterocycles. The number of nitrogens with zero attached hydrogens (tertiary/aromatic N) is 3. The van der Waals surface area contributed by atoms with E-state index in [-0.39, 0.29) is 57.1 Å². The zero-order chi connectivity index (χ0) is 34.3. The van der Waals surface area contributed by atoms with Crippen molar-refractivity contribution in [3.63, 3.8) is 0 Å². The van der Waals surface area contributed by atoms with Crippen LogP contribution in [-0.4, -0.2) is 92.9 Å². The smallest absolute Gasteiger partial charge is 0.326 e. The number of hydrogen-bond donors (Lipinski definition) is 11. The van der Waals surface area contributed by atoms with E-state index in [0.29, 0.717) is 17.7 Å². The fraction of sp³-hybridized carbons (Fsp3) is 0.414. The Hall–Kier alpha value is -5.65. The van der Waals surface area contributed by atoms with Crippen molar-refractivity contribution in [3.8, 4) is 0 Å². The number of amides is 3. The first kappa shape index (κ1) is 35.8. The predicted molar refractivity (Wildman–Crippen MR) is 176 cm³/mol. The molecule has 3 rings (SSSR count). The molecule has 0 saturated heterocycles. The van der Waals surface area contributed by atoms with Gasteiger partial charge in [-0.1, -0.05) is 18.2 Å². The van der Waals surface area contributed by atoms with Crippen LogP contribution in [0, 0.1) is 0 Å². The number of hydrogen-bond acceptors (Lipinski definition) is 8. The van der Waals surface area contributed by atoms with Gasteiger partial charge < -0.3 is 59.7 Å². The number of carboxylic acids is 1. The highest BCUT2D eigenvalue weighted by Gasteiger charge is 2.31. The Labute approximate surface area is 270 Å². The Morgan fingerprint density at radius 1 is 0.809 bits per heavy atom. The van der Waals surface area contributed by atoms with Gasteiger partial charge in [0.05, 0.1) is 12.4 Å². The molecule has 0 aliphatic rings. The van der Waals surface area contributed by atoms with Crippen LogP contribution in [0.2, 0.25) is 0 Å². The normalized spacial score (nSPS) is 13.5. The van der Waals surface area contributed by atoms with Gasteiger partial charge in [-0.3, -0.25) is 24.4 Å². The van der Waals surface area contributed by atoms with E-state index < -0.39 is 47.9 Å². The number of nitrogens with one attached hydrogen (secondary N) is 5. The van der Waals surface area contributed by atoms with Gasteiger partial charge in [0.2, 0.25) is 17.7 Å². The lowest BCUT2D eigenvalue weighted by Crippen LogP contribution is -2.57. The molecule has 18 heteroatoms. The summed E-state index contributed by atoms with van der Waals surface area (Å²) in [6, 6.07) is 2.75. The van der Waals surface area contributed by atoms with Gasteiger partial charge in [-0.05, 0) is 37.3 Å². The second kappa shape index (κ2) is 17.7. The van der Waals surface area contributed by atoms with Gasteiger partial charge in [-0.25, -0.2) is 9.78 Å². The molecule has 3 amide bonds. The summed E-state index contributed by atoms with van der Waals surface area (Å²) in [5.41, 5.74) is 29.8. The van der Waals surface area contributed by atoms with Crippen molar-refractivity contribution in [3.05, 3.63) is 54.2 Å². The standard InChI is InChI=1S/C29H43N13O5/c30-19(12-17-14-35-15-39-17)24(43)40-21(7-3-9-36-28(31)32)25(44)42-23(11-16-13-38-20-6-2-1-5-18(16)20)26(45)41-22(27(46)47)8-4-10-37-29(33)34/h1-2,5-6,13-15,19,21-23,38H,3-4,7-12,30H2,(H,35,39)(H,40,43)(H,41,45)(H,42,44)(H,46,47)(H4,31,32,36)(H4,33,34,37). The van der Waals surface area contributed by atoms with E-state index in [9.17, 15) is 24.3 Å². The number of aliphatic imine (C=N–C) groups is 2. The van der Waals surface area contributed by atoms with Crippen LogP contribution in [0.4, 0.5) is 0 Å². The Balaban J connectivity index is 1.82. The minimum atomic E-state index is -1.28. The number of aliphatic carboxylic acids is 1. The van der Waals surface area contributed by atoms with Crippen molar-refractivity contribution in [1.82, 2.24) is 30.9 Å². The summed E-state index contributed by atoms with van der Waals surface area (Å²) >= 11 is 0. The van der Waals surface area contributed by atoms with E-state index >= 15 is 0 Å².